The summed E-state index contributed by atoms with van der Waals surface area (Å²) in [6.07, 6.45) is 0.282. The smallest absolute Gasteiger partial charge is 0.259 e. The van der Waals surface area contributed by atoms with Gasteiger partial charge in [0.15, 0.2) is 0 Å². The van der Waals surface area contributed by atoms with Crippen molar-refractivity contribution in [3.05, 3.63) is 90.0 Å². The molecular formula is C25H26N2O4. The summed E-state index contributed by atoms with van der Waals surface area (Å²) in [6.45, 7) is 3.35. The number of benzene rings is 3. The van der Waals surface area contributed by atoms with Crippen molar-refractivity contribution in [1.29, 1.82) is 0 Å². The summed E-state index contributed by atoms with van der Waals surface area (Å²) < 4.78 is 11.0. The summed E-state index contributed by atoms with van der Waals surface area (Å²) in [6, 6.07) is 23.6. The zero-order chi connectivity index (χ0) is 21.9. The Morgan fingerprint density at radius 3 is 2.29 bits per heavy atom. The molecule has 0 radical (unpaired) electrons. The quantitative estimate of drug-likeness (QED) is 0.474. The highest BCUT2D eigenvalue weighted by molar-refractivity contribution is 6.06. The van der Waals surface area contributed by atoms with Crippen molar-refractivity contribution in [2.45, 2.75) is 13.3 Å². The maximum Gasteiger partial charge on any atom is 0.259 e. The zero-order valence-corrected chi connectivity index (χ0v) is 17.5. The fourth-order valence-electron chi connectivity index (χ4n) is 2.99. The summed E-state index contributed by atoms with van der Waals surface area (Å²) in [4.78, 5) is 25.1. The molecule has 0 aromatic heterocycles. The molecule has 0 heterocycles. The average molecular weight is 418 g/mol. The number of rotatable bonds is 10. The third-order valence-electron chi connectivity index (χ3n) is 4.43. The second-order valence-electron chi connectivity index (χ2n) is 6.79. The fourth-order valence-corrected chi connectivity index (χ4v) is 2.99. The van der Waals surface area contributed by atoms with Crippen LogP contribution in [0.25, 0.3) is 0 Å². The number of carbonyl (C=O) groups excluding carboxylic acids is 2. The van der Waals surface area contributed by atoms with Crippen LogP contribution in [0, 0.1) is 0 Å². The van der Waals surface area contributed by atoms with Gasteiger partial charge in [0.1, 0.15) is 12.4 Å². The molecule has 0 aliphatic rings. The SMILES string of the molecule is CCOCCOc1ccccc1C(=O)Nc1cccc(NC(=O)Cc2ccccc2)c1. The molecule has 0 saturated carbocycles. The second kappa shape index (κ2) is 11.5. The Balaban J connectivity index is 1.62. The predicted octanol–water partition coefficient (Wildman–Crippen LogP) is 4.54. The highest BCUT2D eigenvalue weighted by atomic mass is 16.5. The molecule has 3 aromatic rings. The van der Waals surface area contributed by atoms with E-state index in [9.17, 15) is 9.59 Å². The van der Waals surface area contributed by atoms with E-state index in [1.54, 1.807) is 42.5 Å². The van der Waals surface area contributed by atoms with E-state index >= 15 is 0 Å². The van der Waals surface area contributed by atoms with Crippen LogP contribution in [0.5, 0.6) is 5.75 Å². The van der Waals surface area contributed by atoms with E-state index in [-0.39, 0.29) is 18.2 Å². The number of hydrogen-bond acceptors (Lipinski definition) is 4. The molecule has 160 valence electrons. The molecule has 0 atom stereocenters. The molecule has 6 nitrogen and oxygen atoms in total. The van der Waals surface area contributed by atoms with Gasteiger partial charge in [-0.25, -0.2) is 0 Å². The molecule has 31 heavy (non-hydrogen) atoms. The molecule has 0 aliphatic carbocycles. The van der Waals surface area contributed by atoms with E-state index in [1.165, 1.54) is 0 Å². The van der Waals surface area contributed by atoms with Gasteiger partial charge in [-0.05, 0) is 42.8 Å². The third kappa shape index (κ3) is 6.97. The number of hydrogen-bond donors (Lipinski definition) is 2. The van der Waals surface area contributed by atoms with Gasteiger partial charge in [0, 0.05) is 18.0 Å². The topological polar surface area (TPSA) is 76.7 Å². The molecule has 2 N–H and O–H groups in total. The number of para-hydroxylation sites is 1. The first-order valence-corrected chi connectivity index (χ1v) is 10.2. The van der Waals surface area contributed by atoms with Crippen LogP contribution < -0.4 is 15.4 Å². The molecule has 0 aliphatic heterocycles. The summed E-state index contributed by atoms with van der Waals surface area (Å²) in [7, 11) is 0. The van der Waals surface area contributed by atoms with E-state index in [0.29, 0.717) is 42.5 Å². The van der Waals surface area contributed by atoms with Crippen LogP contribution in [0.4, 0.5) is 11.4 Å². The normalized spacial score (nSPS) is 10.4. The second-order valence-corrected chi connectivity index (χ2v) is 6.79. The van der Waals surface area contributed by atoms with E-state index in [4.69, 9.17) is 9.47 Å². The fraction of sp³-hybridized carbons (Fsp3) is 0.200. The van der Waals surface area contributed by atoms with Gasteiger partial charge in [-0.3, -0.25) is 9.59 Å². The van der Waals surface area contributed by atoms with Gasteiger partial charge in [-0.1, -0.05) is 48.5 Å². The Morgan fingerprint density at radius 1 is 0.806 bits per heavy atom. The molecule has 0 bridgehead atoms. The number of amides is 2. The van der Waals surface area contributed by atoms with Crippen LogP contribution >= 0.6 is 0 Å². The van der Waals surface area contributed by atoms with Crippen molar-refractivity contribution < 1.29 is 19.1 Å². The average Bonchev–Trinajstić information content (AvgIpc) is 2.78. The van der Waals surface area contributed by atoms with Gasteiger partial charge in [0.25, 0.3) is 5.91 Å². The first-order chi connectivity index (χ1) is 15.2. The van der Waals surface area contributed by atoms with Crippen LogP contribution in [-0.2, 0) is 16.0 Å². The summed E-state index contributed by atoms with van der Waals surface area (Å²) >= 11 is 0. The molecule has 3 aromatic carbocycles. The lowest BCUT2D eigenvalue weighted by Gasteiger charge is -2.12. The zero-order valence-electron chi connectivity index (χ0n) is 17.5. The van der Waals surface area contributed by atoms with Crippen molar-refractivity contribution in [3.8, 4) is 5.75 Å². The highest BCUT2D eigenvalue weighted by Gasteiger charge is 2.13. The van der Waals surface area contributed by atoms with E-state index in [0.717, 1.165) is 5.56 Å². The van der Waals surface area contributed by atoms with Gasteiger partial charge in [-0.2, -0.15) is 0 Å². The Labute approximate surface area is 182 Å². The maximum atomic E-state index is 12.8. The summed E-state index contributed by atoms with van der Waals surface area (Å²) in [5.74, 6) is 0.0783. The molecular weight excluding hydrogens is 392 g/mol. The molecule has 0 saturated heterocycles. The van der Waals surface area contributed by atoms with Gasteiger partial charge in [0.2, 0.25) is 5.91 Å². The van der Waals surface area contributed by atoms with E-state index < -0.39 is 0 Å². The lowest BCUT2D eigenvalue weighted by Crippen LogP contribution is -2.16. The predicted molar refractivity (Wildman–Crippen MR) is 122 cm³/mol. The number of anilines is 2. The van der Waals surface area contributed by atoms with Crippen LogP contribution in [-0.4, -0.2) is 31.6 Å². The molecule has 6 heteroatoms. The maximum absolute atomic E-state index is 12.8. The minimum absolute atomic E-state index is 0.122. The van der Waals surface area contributed by atoms with Crippen LogP contribution in [0.2, 0.25) is 0 Å². The summed E-state index contributed by atoms with van der Waals surface area (Å²) in [5.41, 5.74) is 2.55. The lowest BCUT2D eigenvalue weighted by molar-refractivity contribution is -0.115. The number of ether oxygens (including phenoxy) is 2. The van der Waals surface area contributed by atoms with Gasteiger partial charge in [-0.15, -0.1) is 0 Å². The molecule has 3 rings (SSSR count). The van der Waals surface area contributed by atoms with Gasteiger partial charge < -0.3 is 20.1 Å². The molecule has 0 unspecified atom stereocenters. The van der Waals surface area contributed by atoms with Crippen LogP contribution in [0.1, 0.15) is 22.8 Å². The Bertz CT molecular complexity index is 1010. The monoisotopic (exact) mass is 418 g/mol. The minimum Gasteiger partial charge on any atom is -0.490 e. The van der Waals surface area contributed by atoms with Crippen molar-refractivity contribution in [2.24, 2.45) is 0 Å². The molecule has 2 amide bonds. The van der Waals surface area contributed by atoms with E-state index in [1.807, 2.05) is 43.3 Å². The Morgan fingerprint density at radius 2 is 1.52 bits per heavy atom. The molecule has 0 spiro atoms. The van der Waals surface area contributed by atoms with Crippen LogP contribution in [0.15, 0.2) is 78.9 Å². The van der Waals surface area contributed by atoms with Crippen molar-refractivity contribution in [1.82, 2.24) is 0 Å². The first kappa shape index (κ1) is 22.1. The van der Waals surface area contributed by atoms with E-state index in [2.05, 4.69) is 10.6 Å². The third-order valence-corrected chi connectivity index (χ3v) is 4.43. The van der Waals surface area contributed by atoms with Crippen LogP contribution in [0.3, 0.4) is 0 Å². The number of nitrogens with one attached hydrogen (secondary N) is 2. The standard InChI is InChI=1S/C25H26N2O4/c1-2-30-15-16-31-23-14-7-6-13-22(23)25(29)27-21-12-8-11-20(18-21)26-24(28)17-19-9-4-3-5-10-19/h3-14,18H,2,15-17H2,1H3,(H,26,28)(H,27,29). The minimum atomic E-state index is -0.292. The van der Waals surface area contributed by atoms with Gasteiger partial charge >= 0.3 is 0 Å². The Hall–Kier alpha value is -3.64. The lowest BCUT2D eigenvalue weighted by atomic mass is 10.1. The number of carbonyl (C=O) groups is 2. The Kier molecular flexibility index (Phi) is 8.20. The van der Waals surface area contributed by atoms with Crippen molar-refractivity contribution in [3.63, 3.8) is 0 Å². The van der Waals surface area contributed by atoms with Gasteiger partial charge in [0.05, 0.1) is 18.6 Å². The molecule has 0 fully saturated rings. The first-order valence-electron chi connectivity index (χ1n) is 10.2. The largest absolute Gasteiger partial charge is 0.490 e. The summed E-state index contributed by atoms with van der Waals surface area (Å²) in [5, 5.41) is 5.73. The highest BCUT2D eigenvalue weighted by Crippen LogP contribution is 2.21. The van der Waals surface area contributed by atoms with Crippen molar-refractivity contribution in [2.75, 3.05) is 30.5 Å². The van der Waals surface area contributed by atoms with Crippen molar-refractivity contribution >= 4 is 23.2 Å².